The molecular weight excluding hydrogens is 320 g/mol. The number of rotatable bonds is 4. The van der Waals surface area contributed by atoms with Crippen LogP contribution < -0.4 is 0 Å². The molecular formula is C20H30O3S. The quantitative estimate of drug-likeness (QED) is 0.883. The highest BCUT2D eigenvalue weighted by molar-refractivity contribution is 8.01. The van der Waals surface area contributed by atoms with Crippen LogP contribution in [0.2, 0.25) is 0 Å². The largest absolute Gasteiger partial charge is 0.381 e. The molecule has 1 aliphatic heterocycles. The van der Waals surface area contributed by atoms with Crippen LogP contribution in [0, 0.1) is 11.8 Å². The van der Waals surface area contributed by atoms with Gasteiger partial charge < -0.3 is 14.6 Å². The van der Waals surface area contributed by atoms with E-state index >= 15 is 0 Å². The fourth-order valence-corrected chi connectivity index (χ4v) is 5.86. The molecule has 3 rings (SSSR count). The van der Waals surface area contributed by atoms with Crippen molar-refractivity contribution in [2.45, 2.75) is 61.9 Å². The molecule has 24 heavy (non-hydrogen) atoms. The molecule has 0 aromatic heterocycles. The molecule has 1 heterocycles. The second-order valence-corrected chi connectivity index (χ2v) is 9.69. The van der Waals surface area contributed by atoms with E-state index in [4.69, 9.17) is 9.47 Å². The first-order chi connectivity index (χ1) is 11.4. The highest BCUT2D eigenvalue weighted by Crippen LogP contribution is 2.53. The molecule has 1 aromatic carbocycles. The Labute approximate surface area is 150 Å². The van der Waals surface area contributed by atoms with E-state index in [0.29, 0.717) is 11.8 Å². The molecule has 1 saturated carbocycles. The Bertz CT molecular complexity index is 547. The van der Waals surface area contributed by atoms with E-state index < -0.39 is 5.60 Å². The molecule has 134 valence electrons. The topological polar surface area (TPSA) is 38.7 Å². The van der Waals surface area contributed by atoms with Crippen LogP contribution in [0.1, 0.15) is 45.6 Å². The average Bonchev–Trinajstić information content (AvgIpc) is 2.54. The number of aliphatic hydroxyl groups is 1. The van der Waals surface area contributed by atoms with Gasteiger partial charge in [-0.05, 0) is 30.2 Å². The van der Waals surface area contributed by atoms with E-state index in [1.807, 2.05) is 30.3 Å². The first kappa shape index (κ1) is 18.2. The molecule has 2 fully saturated rings. The molecule has 1 aliphatic carbocycles. The minimum Gasteiger partial charge on any atom is -0.381 e. The average molecular weight is 351 g/mol. The lowest BCUT2D eigenvalue weighted by atomic mass is 9.74. The minimum atomic E-state index is -1.14. The molecule has 0 radical (unpaired) electrons. The first-order valence-corrected chi connectivity index (χ1v) is 9.85. The van der Waals surface area contributed by atoms with Gasteiger partial charge in [-0.25, -0.2) is 0 Å². The molecule has 3 nitrogen and oxygen atoms in total. The van der Waals surface area contributed by atoms with Gasteiger partial charge in [-0.15, -0.1) is 11.8 Å². The van der Waals surface area contributed by atoms with Gasteiger partial charge in [-0.1, -0.05) is 57.5 Å². The van der Waals surface area contributed by atoms with Crippen molar-refractivity contribution < 1.29 is 14.6 Å². The zero-order chi connectivity index (χ0) is 17.4. The first-order valence-electron chi connectivity index (χ1n) is 8.97. The summed E-state index contributed by atoms with van der Waals surface area (Å²) in [4.78, 5) is 0. The van der Waals surface area contributed by atoms with Crippen LogP contribution >= 0.6 is 11.8 Å². The van der Waals surface area contributed by atoms with E-state index in [-0.39, 0.29) is 22.9 Å². The van der Waals surface area contributed by atoms with E-state index in [0.717, 1.165) is 12.0 Å². The molecule has 4 heteroatoms. The van der Waals surface area contributed by atoms with Gasteiger partial charge in [0.05, 0.1) is 12.7 Å². The van der Waals surface area contributed by atoms with Crippen LogP contribution in [-0.2, 0) is 15.1 Å². The Hall–Kier alpha value is -0.550. The highest BCUT2D eigenvalue weighted by atomic mass is 32.2. The third-order valence-corrected chi connectivity index (χ3v) is 7.31. The second-order valence-electron chi connectivity index (χ2n) is 7.98. The molecule has 0 spiro atoms. The van der Waals surface area contributed by atoms with Crippen molar-refractivity contribution in [3.63, 3.8) is 0 Å². The summed E-state index contributed by atoms with van der Waals surface area (Å²) in [6, 6.07) is 9.81. The monoisotopic (exact) mass is 350 g/mol. The Morgan fingerprint density at radius 1 is 1.29 bits per heavy atom. The predicted octanol–water partition coefficient (Wildman–Crippen LogP) is 4.19. The molecule has 2 aliphatic rings. The number of methoxy groups -OCH3 is 1. The Morgan fingerprint density at radius 2 is 2.00 bits per heavy atom. The van der Waals surface area contributed by atoms with Gasteiger partial charge in [-0.2, -0.15) is 0 Å². The van der Waals surface area contributed by atoms with Crippen LogP contribution in [0.15, 0.2) is 30.3 Å². The lowest BCUT2D eigenvalue weighted by molar-refractivity contribution is -0.155. The Morgan fingerprint density at radius 3 is 2.67 bits per heavy atom. The zero-order valence-corrected chi connectivity index (χ0v) is 16.0. The smallest absolute Gasteiger partial charge is 0.148 e. The third kappa shape index (κ3) is 3.39. The fourth-order valence-electron chi connectivity index (χ4n) is 4.27. The fraction of sp³-hybridized carbons (Fsp3) is 0.700. The van der Waals surface area contributed by atoms with Crippen molar-refractivity contribution in [3.05, 3.63) is 35.9 Å². The summed E-state index contributed by atoms with van der Waals surface area (Å²) in [5.41, 5.74) is -0.590. The molecule has 1 N–H and O–H groups in total. The lowest BCUT2D eigenvalue weighted by Gasteiger charge is -2.53. The highest BCUT2D eigenvalue weighted by Gasteiger charge is 2.52. The summed E-state index contributed by atoms with van der Waals surface area (Å²) >= 11 is 1.77. The normalized spacial score (nSPS) is 35.0. The summed E-state index contributed by atoms with van der Waals surface area (Å²) in [5.74, 6) is 1.25. The molecule has 1 saturated heterocycles. The van der Waals surface area contributed by atoms with Crippen molar-refractivity contribution in [3.8, 4) is 0 Å². The second kappa shape index (κ2) is 6.99. The maximum Gasteiger partial charge on any atom is 0.148 e. The molecule has 0 unspecified atom stereocenters. The number of ether oxygens (including phenoxy) is 2. The van der Waals surface area contributed by atoms with Crippen LogP contribution in [0.5, 0.6) is 0 Å². The van der Waals surface area contributed by atoms with Gasteiger partial charge in [0, 0.05) is 11.9 Å². The summed E-state index contributed by atoms with van der Waals surface area (Å²) in [7, 11) is 1.64. The van der Waals surface area contributed by atoms with Gasteiger partial charge in [-0.3, -0.25) is 0 Å². The molecule has 0 amide bonds. The number of thioether (sulfide) groups is 1. The minimum absolute atomic E-state index is 0.0875. The van der Waals surface area contributed by atoms with E-state index in [1.54, 1.807) is 18.9 Å². The van der Waals surface area contributed by atoms with Gasteiger partial charge >= 0.3 is 0 Å². The number of hydrogen-bond donors (Lipinski definition) is 1. The predicted molar refractivity (Wildman–Crippen MR) is 99.1 cm³/mol. The van der Waals surface area contributed by atoms with Crippen molar-refractivity contribution in [1.29, 1.82) is 0 Å². The summed E-state index contributed by atoms with van der Waals surface area (Å²) in [6.07, 6.45) is 3.80. The lowest BCUT2D eigenvalue weighted by Crippen LogP contribution is -2.55. The zero-order valence-electron chi connectivity index (χ0n) is 15.2. The van der Waals surface area contributed by atoms with Crippen molar-refractivity contribution in [2.75, 3.05) is 13.7 Å². The SMILES string of the molecule is COC[C@@](O)(c1ccccc1)[C@@H]1O[C@@H]2C[C@H](C)CC[C@H]2C(C)(C)S1. The summed E-state index contributed by atoms with van der Waals surface area (Å²) in [5, 5.41) is 11.5. The molecule has 0 bridgehead atoms. The Kier molecular flexibility index (Phi) is 5.31. The van der Waals surface area contributed by atoms with Crippen LogP contribution in [0.3, 0.4) is 0 Å². The number of fused-ring (bicyclic) bond motifs is 1. The van der Waals surface area contributed by atoms with Gasteiger partial charge in [0.2, 0.25) is 0 Å². The maximum atomic E-state index is 11.5. The van der Waals surface area contributed by atoms with Crippen molar-refractivity contribution in [2.24, 2.45) is 11.8 Å². The Balaban J connectivity index is 1.91. The van der Waals surface area contributed by atoms with Crippen LogP contribution in [-0.4, -0.2) is 35.1 Å². The van der Waals surface area contributed by atoms with Gasteiger partial charge in [0.15, 0.2) is 0 Å². The third-order valence-electron chi connectivity index (χ3n) is 5.68. The van der Waals surface area contributed by atoms with E-state index in [9.17, 15) is 5.11 Å². The molecule has 5 atom stereocenters. The van der Waals surface area contributed by atoms with Crippen molar-refractivity contribution in [1.82, 2.24) is 0 Å². The number of hydrogen-bond acceptors (Lipinski definition) is 4. The summed E-state index contributed by atoms with van der Waals surface area (Å²) in [6.45, 7) is 7.15. The van der Waals surface area contributed by atoms with E-state index in [1.165, 1.54) is 12.8 Å². The number of benzene rings is 1. The van der Waals surface area contributed by atoms with E-state index in [2.05, 4.69) is 20.8 Å². The van der Waals surface area contributed by atoms with Crippen LogP contribution in [0.4, 0.5) is 0 Å². The van der Waals surface area contributed by atoms with Gasteiger partial charge in [0.1, 0.15) is 11.0 Å². The standard InChI is InChI=1S/C20H30O3S/c1-14-10-11-16-17(12-14)23-18(24-19(16,2)3)20(21,13-22-4)15-8-6-5-7-9-15/h5-9,14,16-18,21H,10-13H2,1-4H3/t14-,16-,17-,18-,20-/m1/s1. The molecule has 1 aromatic rings. The van der Waals surface area contributed by atoms with Crippen LogP contribution in [0.25, 0.3) is 0 Å². The van der Waals surface area contributed by atoms with Crippen molar-refractivity contribution >= 4 is 11.8 Å². The van der Waals surface area contributed by atoms with Gasteiger partial charge in [0.25, 0.3) is 0 Å². The maximum absolute atomic E-state index is 11.5. The summed E-state index contributed by atoms with van der Waals surface area (Å²) < 4.78 is 12.0.